The minimum absolute atomic E-state index is 0.00776. The van der Waals surface area contributed by atoms with Crippen molar-refractivity contribution < 1.29 is 38.1 Å². The Bertz CT molecular complexity index is 884. The van der Waals surface area contributed by atoms with Crippen molar-refractivity contribution in [2.45, 2.75) is 13.8 Å². The van der Waals surface area contributed by atoms with Gasteiger partial charge in [-0.2, -0.15) is 0 Å². The molecule has 2 aromatic carbocycles. The molecule has 0 heterocycles. The van der Waals surface area contributed by atoms with Crippen molar-refractivity contribution in [3.63, 3.8) is 0 Å². The van der Waals surface area contributed by atoms with Gasteiger partial charge in [-0.25, -0.2) is 19.2 Å². The topological polar surface area (TPSA) is 105 Å². The molecule has 0 aliphatic rings. The predicted molar refractivity (Wildman–Crippen MR) is 105 cm³/mol. The lowest BCUT2D eigenvalue weighted by molar-refractivity contribution is -0.131. The van der Waals surface area contributed by atoms with Crippen LogP contribution in [0.15, 0.2) is 60.7 Å². The number of ether oxygens (including phenoxy) is 4. The Morgan fingerprint density at radius 3 is 1.40 bits per heavy atom. The summed E-state index contributed by atoms with van der Waals surface area (Å²) < 4.78 is 20.0. The van der Waals surface area contributed by atoms with Gasteiger partial charge in [-0.3, -0.25) is 0 Å². The Balaban J connectivity index is 2.04. The molecule has 0 fully saturated rings. The van der Waals surface area contributed by atoms with Crippen molar-refractivity contribution in [1.29, 1.82) is 0 Å². The van der Waals surface area contributed by atoms with Gasteiger partial charge < -0.3 is 18.9 Å². The highest BCUT2D eigenvalue weighted by atomic mass is 16.6. The summed E-state index contributed by atoms with van der Waals surface area (Å²) >= 11 is 0. The molecule has 2 rings (SSSR count). The van der Waals surface area contributed by atoms with Gasteiger partial charge in [0.25, 0.3) is 0 Å². The van der Waals surface area contributed by atoms with E-state index in [1.807, 2.05) is 0 Å². The third-order valence-electron chi connectivity index (χ3n) is 3.54. The third-order valence-corrected chi connectivity index (χ3v) is 3.54. The lowest BCUT2D eigenvalue weighted by Gasteiger charge is -2.08. The van der Waals surface area contributed by atoms with Crippen molar-refractivity contribution in [3.8, 4) is 11.5 Å². The number of hydrogen-bond acceptors (Lipinski definition) is 8. The Kier molecular flexibility index (Phi) is 8.31. The van der Waals surface area contributed by atoms with Crippen LogP contribution < -0.4 is 9.47 Å². The van der Waals surface area contributed by atoms with Gasteiger partial charge in [0.05, 0.1) is 13.2 Å². The summed E-state index contributed by atoms with van der Waals surface area (Å²) in [6, 6.07) is 12.1. The molecule has 0 aliphatic carbocycles. The summed E-state index contributed by atoms with van der Waals surface area (Å²) in [5, 5.41) is 0. The van der Waals surface area contributed by atoms with Crippen LogP contribution in [0.4, 0.5) is 0 Å². The maximum Gasteiger partial charge on any atom is 0.341 e. The SMILES string of the molecule is CCOC(=O)c1ccccc1OC(=O)C=CC(=O)Oc1ccccc1C(=O)OCC. The van der Waals surface area contributed by atoms with Crippen molar-refractivity contribution >= 4 is 23.9 Å². The highest BCUT2D eigenvalue weighted by Gasteiger charge is 2.16. The summed E-state index contributed by atoms with van der Waals surface area (Å²) in [5.74, 6) is -3.09. The fraction of sp³-hybridized carbons (Fsp3) is 0.182. The Hall–Kier alpha value is -3.94. The van der Waals surface area contributed by atoms with Gasteiger partial charge in [0.2, 0.25) is 0 Å². The molecule has 0 radical (unpaired) electrons. The van der Waals surface area contributed by atoms with Crippen molar-refractivity contribution in [2.75, 3.05) is 13.2 Å². The molecule has 0 amide bonds. The van der Waals surface area contributed by atoms with E-state index in [0.717, 1.165) is 12.2 Å². The number of para-hydroxylation sites is 2. The van der Waals surface area contributed by atoms with Gasteiger partial charge in [0.15, 0.2) is 0 Å². The maximum absolute atomic E-state index is 12.0. The van der Waals surface area contributed by atoms with Gasteiger partial charge in [-0.15, -0.1) is 0 Å². The van der Waals surface area contributed by atoms with E-state index in [9.17, 15) is 19.2 Å². The third kappa shape index (κ3) is 6.30. The molecule has 8 nitrogen and oxygen atoms in total. The molecule has 0 saturated heterocycles. The smallest absolute Gasteiger partial charge is 0.341 e. The number of esters is 4. The first kappa shape index (κ1) is 22.4. The molecular weight excluding hydrogens is 392 g/mol. The van der Waals surface area contributed by atoms with E-state index in [0.29, 0.717) is 0 Å². The lowest BCUT2D eigenvalue weighted by atomic mass is 10.2. The van der Waals surface area contributed by atoms with Gasteiger partial charge in [0, 0.05) is 12.2 Å². The number of benzene rings is 2. The summed E-state index contributed by atoms with van der Waals surface area (Å²) in [5.41, 5.74) is 0.152. The zero-order valence-corrected chi connectivity index (χ0v) is 16.5. The van der Waals surface area contributed by atoms with Crippen molar-refractivity contribution in [2.24, 2.45) is 0 Å². The molecule has 8 heteroatoms. The number of carbonyl (C=O) groups excluding carboxylic acids is 4. The number of carbonyl (C=O) groups is 4. The summed E-state index contributed by atoms with van der Waals surface area (Å²) in [4.78, 5) is 47.9. The zero-order valence-electron chi connectivity index (χ0n) is 16.5. The lowest BCUT2D eigenvalue weighted by Crippen LogP contribution is -2.13. The van der Waals surface area contributed by atoms with E-state index in [1.165, 1.54) is 24.3 Å². The van der Waals surface area contributed by atoms with Crippen LogP contribution in [-0.4, -0.2) is 37.1 Å². The van der Waals surface area contributed by atoms with Crippen LogP contribution in [-0.2, 0) is 19.1 Å². The molecular formula is C22H20O8. The summed E-state index contributed by atoms with van der Waals surface area (Å²) in [7, 11) is 0. The van der Waals surface area contributed by atoms with Crippen LogP contribution in [0.5, 0.6) is 11.5 Å². The molecule has 156 valence electrons. The minimum atomic E-state index is -0.901. The van der Waals surface area contributed by atoms with E-state index < -0.39 is 23.9 Å². The molecule has 0 unspecified atom stereocenters. The van der Waals surface area contributed by atoms with Crippen LogP contribution in [0.3, 0.4) is 0 Å². The van der Waals surface area contributed by atoms with E-state index in [2.05, 4.69) is 0 Å². The minimum Gasteiger partial charge on any atom is -0.462 e. The second-order valence-electron chi connectivity index (χ2n) is 5.61. The average molecular weight is 412 g/mol. The number of hydrogen-bond donors (Lipinski definition) is 0. The largest absolute Gasteiger partial charge is 0.462 e. The second kappa shape index (κ2) is 11.2. The molecule has 0 N–H and O–H groups in total. The fourth-order valence-electron chi connectivity index (χ4n) is 2.29. The normalized spacial score (nSPS) is 10.3. The highest BCUT2D eigenvalue weighted by Crippen LogP contribution is 2.20. The van der Waals surface area contributed by atoms with Crippen molar-refractivity contribution in [1.82, 2.24) is 0 Å². The zero-order chi connectivity index (χ0) is 21.9. The first-order valence-corrected chi connectivity index (χ1v) is 9.10. The Morgan fingerprint density at radius 2 is 1.03 bits per heavy atom. The van der Waals surface area contributed by atoms with Gasteiger partial charge in [-0.05, 0) is 38.1 Å². The first-order valence-electron chi connectivity index (χ1n) is 9.10. The van der Waals surface area contributed by atoms with E-state index >= 15 is 0 Å². The Morgan fingerprint density at radius 1 is 0.667 bits per heavy atom. The summed E-state index contributed by atoms with van der Waals surface area (Å²) in [6.07, 6.45) is 1.69. The molecule has 0 bridgehead atoms. The predicted octanol–water partition coefficient (Wildman–Crippen LogP) is 3.11. The van der Waals surface area contributed by atoms with Gasteiger partial charge >= 0.3 is 23.9 Å². The first-order chi connectivity index (χ1) is 14.5. The maximum atomic E-state index is 12.0. The van der Waals surface area contributed by atoms with Gasteiger partial charge in [-0.1, -0.05) is 24.3 Å². The van der Waals surface area contributed by atoms with E-state index in [4.69, 9.17) is 18.9 Å². The molecule has 0 atom stereocenters. The molecule has 0 aliphatic heterocycles. The average Bonchev–Trinajstić information content (AvgIpc) is 2.73. The van der Waals surface area contributed by atoms with E-state index in [-0.39, 0.29) is 35.8 Å². The van der Waals surface area contributed by atoms with Crippen LogP contribution in [0, 0.1) is 0 Å². The monoisotopic (exact) mass is 412 g/mol. The van der Waals surface area contributed by atoms with Crippen LogP contribution >= 0.6 is 0 Å². The van der Waals surface area contributed by atoms with Crippen LogP contribution in [0.2, 0.25) is 0 Å². The van der Waals surface area contributed by atoms with Crippen LogP contribution in [0.25, 0.3) is 0 Å². The summed E-state index contributed by atoms with van der Waals surface area (Å²) in [6.45, 7) is 3.64. The quantitative estimate of drug-likeness (QED) is 0.370. The number of rotatable bonds is 8. The standard InChI is InChI=1S/C22H20O8/c1-3-27-21(25)15-9-5-7-11-17(15)29-19(23)13-14-20(24)30-18-12-8-6-10-16(18)22(26)28-4-2/h5-14H,3-4H2,1-2H3. The Labute approximate surface area is 173 Å². The van der Waals surface area contributed by atoms with E-state index in [1.54, 1.807) is 38.1 Å². The molecule has 30 heavy (non-hydrogen) atoms. The van der Waals surface area contributed by atoms with Gasteiger partial charge in [0.1, 0.15) is 22.6 Å². The second-order valence-corrected chi connectivity index (χ2v) is 5.61. The molecule has 0 spiro atoms. The molecule has 2 aromatic rings. The highest BCUT2D eigenvalue weighted by molar-refractivity contribution is 5.97. The van der Waals surface area contributed by atoms with Crippen molar-refractivity contribution in [3.05, 3.63) is 71.8 Å². The molecule has 0 aromatic heterocycles. The van der Waals surface area contributed by atoms with Crippen LogP contribution in [0.1, 0.15) is 34.6 Å². The fourth-order valence-corrected chi connectivity index (χ4v) is 2.29. The molecule has 0 saturated carbocycles.